The lowest BCUT2D eigenvalue weighted by Gasteiger charge is -2.09. The summed E-state index contributed by atoms with van der Waals surface area (Å²) in [4.78, 5) is 23.1. The van der Waals surface area contributed by atoms with Crippen LogP contribution in [0.15, 0.2) is 24.3 Å². The molecule has 0 aliphatic heterocycles. The summed E-state index contributed by atoms with van der Waals surface area (Å²) in [6, 6.07) is 6.36. The monoisotopic (exact) mass is 220 g/mol. The van der Waals surface area contributed by atoms with Gasteiger partial charge in [-0.3, -0.25) is 9.59 Å². The third-order valence-electron chi connectivity index (χ3n) is 2.54. The van der Waals surface area contributed by atoms with Crippen LogP contribution < -0.4 is 0 Å². The Kier molecular flexibility index (Phi) is 4.23. The van der Waals surface area contributed by atoms with Crippen molar-refractivity contribution in [3.63, 3.8) is 0 Å². The third-order valence-corrected chi connectivity index (χ3v) is 2.54. The Morgan fingerprint density at radius 1 is 1.25 bits per heavy atom. The van der Waals surface area contributed by atoms with Crippen molar-refractivity contribution in [2.24, 2.45) is 0 Å². The van der Waals surface area contributed by atoms with Gasteiger partial charge in [-0.1, -0.05) is 26.0 Å². The molecule has 0 radical (unpaired) electrons. The van der Waals surface area contributed by atoms with E-state index in [1.807, 2.05) is 6.92 Å². The average Bonchev–Trinajstić information content (AvgIpc) is 2.28. The van der Waals surface area contributed by atoms with Crippen LogP contribution in [0.5, 0.6) is 5.75 Å². The minimum Gasteiger partial charge on any atom is -0.508 e. The molecule has 1 rings (SSSR count). The summed E-state index contributed by atoms with van der Waals surface area (Å²) in [5, 5.41) is 9.12. The number of Topliss-reactive ketones (excluding diaryl/α,β-unsaturated/α-hetero) is 2. The van der Waals surface area contributed by atoms with Crippen molar-refractivity contribution in [1.82, 2.24) is 0 Å². The average molecular weight is 220 g/mol. The Balaban J connectivity index is 2.77. The number of phenolic OH excluding ortho intramolecular Hbond substituents is 1. The van der Waals surface area contributed by atoms with E-state index in [0.717, 1.165) is 5.56 Å². The highest BCUT2D eigenvalue weighted by molar-refractivity contribution is 6.39. The van der Waals surface area contributed by atoms with Gasteiger partial charge in [-0.25, -0.2) is 0 Å². The van der Waals surface area contributed by atoms with Crippen molar-refractivity contribution in [3.8, 4) is 5.75 Å². The van der Waals surface area contributed by atoms with Crippen LogP contribution >= 0.6 is 0 Å². The van der Waals surface area contributed by atoms with Gasteiger partial charge in [0, 0.05) is 12.3 Å². The van der Waals surface area contributed by atoms with Gasteiger partial charge in [0.25, 0.3) is 0 Å². The Hall–Kier alpha value is -1.64. The van der Waals surface area contributed by atoms with Gasteiger partial charge < -0.3 is 5.11 Å². The highest BCUT2D eigenvalue weighted by Gasteiger charge is 2.21. The van der Waals surface area contributed by atoms with E-state index in [9.17, 15) is 9.59 Å². The molecule has 0 heterocycles. The van der Waals surface area contributed by atoms with Gasteiger partial charge in [0.15, 0.2) is 5.78 Å². The topological polar surface area (TPSA) is 54.4 Å². The second-order valence-corrected chi connectivity index (χ2v) is 3.85. The molecule has 86 valence electrons. The lowest BCUT2D eigenvalue weighted by Crippen LogP contribution is -2.19. The second-order valence-electron chi connectivity index (χ2n) is 3.85. The van der Waals surface area contributed by atoms with Crippen LogP contribution in [0.2, 0.25) is 0 Å². The summed E-state index contributed by atoms with van der Waals surface area (Å²) in [5.41, 5.74) is 0.757. The molecule has 0 amide bonds. The molecule has 3 nitrogen and oxygen atoms in total. The molecule has 0 saturated carbocycles. The first kappa shape index (κ1) is 12.4. The quantitative estimate of drug-likeness (QED) is 0.775. The van der Waals surface area contributed by atoms with Crippen LogP contribution in [0.25, 0.3) is 0 Å². The van der Waals surface area contributed by atoms with E-state index in [4.69, 9.17) is 5.11 Å². The van der Waals surface area contributed by atoms with Crippen LogP contribution in [0, 0.1) is 0 Å². The zero-order chi connectivity index (χ0) is 12.1. The van der Waals surface area contributed by atoms with Crippen LogP contribution in [-0.2, 0) is 9.59 Å². The first-order valence-electron chi connectivity index (χ1n) is 5.42. The Bertz CT molecular complexity index is 379. The number of phenols is 1. The maximum atomic E-state index is 11.7. The Morgan fingerprint density at radius 2 is 1.81 bits per heavy atom. The molecule has 0 saturated heterocycles. The van der Waals surface area contributed by atoms with Crippen molar-refractivity contribution in [3.05, 3.63) is 29.8 Å². The Morgan fingerprint density at radius 3 is 2.31 bits per heavy atom. The van der Waals surface area contributed by atoms with Crippen molar-refractivity contribution >= 4 is 11.6 Å². The van der Waals surface area contributed by atoms with Crippen LogP contribution in [0.3, 0.4) is 0 Å². The standard InChI is InChI=1S/C13H16O3/c1-3-4-12(15)13(16)9(2)10-5-7-11(14)8-6-10/h5-9,14H,3-4H2,1-2H3. The van der Waals surface area contributed by atoms with Crippen molar-refractivity contribution in [2.45, 2.75) is 32.6 Å². The molecule has 0 spiro atoms. The van der Waals surface area contributed by atoms with Gasteiger partial charge in [-0.15, -0.1) is 0 Å². The minimum absolute atomic E-state index is 0.156. The number of benzene rings is 1. The number of hydrogen-bond acceptors (Lipinski definition) is 3. The van der Waals surface area contributed by atoms with E-state index in [0.29, 0.717) is 12.8 Å². The summed E-state index contributed by atoms with van der Waals surface area (Å²) >= 11 is 0. The number of hydrogen-bond donors (Lipinski definition) is 1. The molecule has 0 bridgehead atoms. The minimum atomic E-state index is -0.431. The molecule has 1 aromatic rings. The van der Waals surface area contributed by atoms with Gasteiger partial charge in [0.2, 0.25) is 5.78 Å². The van der Waals surface area contributed by atoms with Crippen molar-refractivity contribution < 1.29 is 14.7 Å². The van der Waals surface area contributed by atoms with Gasteiger partial charge in [0.05, 0.1) is 0 Å². The third kappa shape index (κ3) is 2.92. The van der Waals surface area contributed by atoms with Crippen molar-refractivity contribution in [1.29, 1.82) is 0 Å². The normalized spacial score (nSPS) is 12.1. The lowest BCUT2D eigenvalue weighted by molar-refractivity contribution is -0.137. The van der Waals surface area contributed by atoms with E-state index in [1.54, 1.807) is 19.1 Å². The first-order valence-corrected chi connectivity index (χ1v) is 5.42. The molecule has 0 fully saturated rings. The predicted molar refractivity (Wildman–Crippen MR) is 61.4 cm³/mol. The fourth-order valence-corrected chi connectivity index (χ4v) is 1.51. The molecule has 16 heavy (non-hydrogen) atoms. The molecule has 1 unspecified atom stereocenters. The molecule has 0 aromatic heterocycles. The zero-order valence-electron chi connectivity index (χ0n) is 9.56. The maximum Gasteiger partial charge on any atom is 0.205 e. The van der Waals surface area contributed by atoms with Gasteiger partial charge in [-0.05, 0) is 24.1 Å². The zero-order valence-corrected chi connectivity index (χ0v) is 9.56. The molecular formula is C13H16O3. The molecule has 0 aliphatic carbocycles. The fourth-order valence-electron chi connectivity index (χ4n) is 1.51. The number of aromatic hydroxyl groups is 1. The lowest BCUT2D eigenvalue weighted by atomic mass is 9.93. The maximum absolute atomic E-state index is 11.7. The molecule has 1 N–H and O–H groups in total. The highest BCUT2D eigenvalue weighted by Crippen LogP contribution is 2.20. The number of rotatable bonds is 5. The van der Waals surface area contributed by atoms with E-state index < -0.39 is 5.92 Å². The van der Waals surface area contributed by atoms with E-state index in [2.05, 4.69) is 0 Å². The molecule has 3 heteroatoms. The number of carbonyl (C=O) groups excluding carboxylic acids is 2. The Labute approximate surface area is 95.1 Å². The van der Waals surface area contributed by atoms with Crippen LogP contribution in [0.1, 0.15) is 38.2 Å². The van der Waals surface area contributed by atoms with E-state index >= 15 is 0 Å². The molecule has 0 aliphatic rings. The molecular weight excluding hydrogens is 204 g/mol. The summed E-state index contributed by atoms with van der Waals surface area (Å²) < 4.78 is 0. The van der Waals surface area contributed by atoms with E-state index in [1.165, 1.54) is 12.1 Å². The largest absolute Gasteiger partial charge is 0.508 e. The van der Waals surface area contributed by atoms with Gasteiger partial charge >= 0.3 is 0 Å². The summed E-state index contributed by atoms with van der Waals surface area (Å²) in [5.74, 6) is -0.946. The number of carbonyl (C=O) groups is 2. The summed E-state index contributed by atoms with van der Waals surface area (Å²) in [7, 11) is 0. The first-order chi connectivity index (χ1) is 7.56. The van der Waals surface area contributed by atoms with Crippen LogP contribution in [-0.4, -0.2) is 16.7 Å². The fraction of sp³-hybridized carbons (Fsp3) is 0.385. The predicted octanol–water partition coefficient (Wildman–Crippen LogP) is 2.43. The van der Waals surface area contributed by atoms with Gasteiger partial charge in [-0.2, -0.15) is 0 Å². The van der Waals surface area contributed by atoms with E-state index in [-0.39, 0.29) is 17.3 Å². The summed E-state index contributed by atoms with van der Waals surface area (Å²) in [6.07, 6.45) is 0.994. The number of ketones is 2. The van der Waals surface area contributed by atoms with Crippen LogP contribution in [0.4, 0.5) is 0 Å². The molecule has 1 aromatic carbocycles. The highest BCUT2D eigenvalue weighted by atomic mass is 16.3. The SMILES string of the molecule is CCCC(=O)C(=O)C(C)c1ccc(O)cc1. The van der Waals surface area contributed by atoms with Gasteiger partial charge in [0.1, 0.15) is 5.75 Å². The second kappa shape index (κ2) is 5.45. The summed E-state index contributed by atoms with van der Waals surface area (Å²) in [6.45, 7) is 3.58. The smallest absolute Gasteiger partial charge is 0.205 e. The molecule has 1 atom stereocenters. The van der Waals surface area contributed by atoms with Crippen molar-refractivity contribution in [2.75, 3.05) is 0 Å².